The van der Waals surface area contributed by atoms with Crippen molar-refractivity contribution in [2.24, 2.45) is 0 Å². The first kappa shape index (κ1) is 9.31. The maximum atomic E-state index is 5.11. The van der Waals surface area contributed by atoms with E-state index in [1.165, 1.54) is 19.3 Å². The fourth-order valence-corrected chi connectivity index (χ4v) is 1.82. The molecule has 2 heterocycles. The van der Waals surface area contributed by atoms with Gasteiger partial charge in [-0.1, -0.05) is 6.07 Å². The van der Waals surface area contributed by atoms with E-state index >= 15 is 0 Å². The number of hydrogen-bond acceptors (Lipinski definition) is 3. The van der Waals surface area contributed by atoms with Gasteiger partial charge < -0.3 is 9.64 Å². The molecule has 0 unspecified atom stereocenters. The first-order chi connectivity index (χ1) is 6.90. The standard InChI is InChI=1S/C11H16N2O/c1-14-11-7-5-6-10(12-11)13-8-3-2-4-9-13/h5-7H,2-4,8-9H2,1H3. The lowest BCUT2D eigenvalue weighted by Crippen LogP contribution is -2.30. The van der Waals surface area contributed by atoms with Crippen molar-refractivity contribution in [1.29, 1.82) is 0 Å². The van der Waals surface area contributed by atoms with Crippen LogP contribution in [0.1, 0.15) is 19.3 Å². The summed E-state index contributed by atoms with van der Waals surface area (Å²) < 4.78 is 5.11. The summed E-state index contributed by atoms with van der Waals surface area (Å²) in [4.78, 5) is 6.74. The molecule has 1 fully saturated rings. The average molecular weight is 192 g/mol. The predicted octanol–water partition coefficient (Wildman–Crippen LogP) is 2.08. The maximum absolute atomic E-state index is 5.11. The number of nitrogens with zero attached hydrogens (tertiary/aromatic N) is 2. The molecule has 0 spiro atoms. The Morgan fingerprint density at radius 1 is 1.21 bits per heavy atom. The summed E-state index contributed by atoms with van der Waals surface area (Å²) in [6.07, 6.45) is 3.90. The lowest BCUT2D eigenvalue weighted by molar-refractivity contribution is 0.397. The second-order valence-electron chi connectivity index (χ2n) is 3.59. The lowest BCUT2D eigenvalue weighted by atomic mass is 10.1. The smallest absolute Gasteiger partial charge is 0.214 e. The topological polar surface area (TPSA) is 25.4 Å². The Balaban J connectivity index is 2.13. The van der Waals surface area contributed by atoms with Crippen molar-refractivity contribution in [3.63, 3.8) is 0 Å². The van der Waals surface area contributed by atoms with Gasteiger partial charge in [0.1, 0.15) is 5.82 Å². The van der Waals surface area contributed by atoms with Crippen molar-refractivity contribution in [3.8, 4) is 5.88 Å². The van der Waals surface area contributed by atoms with Crippen LogP contribution in [-0.2, 0) is 0 Å². The molecule has 1 aromatic rings. The summed E-state index contributed by atoms with van der Waals surface area (Å²) in [6, 6.07) is 5.93. The van der Waals surface area contributed by atoms with E-state index in [-0.39, 0.29) is 0 Å². The van der Waals surface area contributed by atoms with Gasteiger partial charge >= 0.3 is 0 Å². The van der Waals surface area contributed by atoms with Crippen molar-refractivity contribution in [2.45, 2.75) is 19.3 Å². The number of ether oxygens (including phenoxy) is 1. The van der Waals surface area contributed by atoms with Gasteiger partial charge in [0.15, 0.2) is 0 Å². The van der Waals surface area contributed by atoms with Gasteiger partial charge in [0.2, 0.25) is 5.88 Å². The maximum Gasteiger partial charge on any atom is 0.214 e. The first-order valence-corrected chi connectivity index (χ1v) is 5.16. The molecule has 0 radical (unpaired) electrons. The van der Waals surface area contributed by atoms with Crippen molar-refractivity contribution >= 4 is 5.82 Å². The number of aromatic nitrogens is 1. The van der Waals surface area contributed by atoms with E-state index in [9.17, 15) is 0 Å². The molecular formula is C11H16N2O. The number of piperidine rings is 1. The SMILES string of the molecule is COc1cccc(N2CCCCC2)n1. The minimum absolute atomic E-state index is 0.702. The predicted molar refractivity (Wildman–Crippen MR) is 56.9 cm³/mol. The van der Waals surface area contributed by atoms with Crippen LogP contribution in [0.15, 0.2) is 18.2 Å². The van der Waals surface area contributed by atoms with Gasteiger partial charge in [-0.3, -0.25) is 0 Å². The zero-order valence-electron chi connectivity index (χ0n) is 8.57. The molecule has 0 aromatic carbocycles. The lowest BCUT2D eigenvalue weighted by Gasteiger charge is -2.27. The van der Waals surface area contributed by atoms with E-state index in [1.54, 1.807) is 7.11 Å². The number of methoxy groups -OCH3 is 1. The molecule has 0 bridgehead atoms. The highest BCUT2D eigenvalue weighted by atomic mass is 16.5. The van der Waals surface area contributed by atoms with Crippen LogP contribution >= 0.6 is 0 Å². The Kier molecular flexibility index (Phi) is 2.87. The van der Waals surface area contributed by atoms with Crippen LogP contribution in [0.2, 0.25) is 0 Å². The Hall–Kier alpha value is -1.25. The summed E-state index contributed by atoms with van der Waals surface area (Å²) in [7, 11) is 1.66. The van der Waals surface area contributed by atoms with Crippen molar-refractivity contribution in [1.82, 2.24) is 4.98 Å². The molecule has 3 nitrogen and oxygen atoms in total. The van der Waals surface area contributed by atoms with Crippen LogP contribution in [0.25, 0.3) is 0 Å². The quantitative estimate of drug-likeness (QED) is 0.717. The third-order valence-electron chi connectivity index (χ3n) is 2.60. The molecule has 2 rings (SSSR count). The molecule has 1 aliphatic rings. The third-order valence-corrected chi connectivity index (χ3v) is 2.60. The van der Waals surface area contributed by atoms with E-state index < -0.39 is 0 Å². The van der Waals surface area contributed by atoms with Gasteiger partial charge in [0, 0.05) is 19.2 Å². The highest BCUT2D eigenvalue weighted by molar-refractivity contribution is 5.40. The highest BCUT2D eigenvalue weighted by Gasteiger charge is 2.11. The van der Waals surface area contributed by atoms with Gasteiger partial charge in [-0.15, -0.1) is 0 Å². The summed E-state index contributed by atoms with van der Waals surface area (Å²) in [5, 5.41) is 0. The van der Waals surface area contributed by atoms with Crippen LogP contribution in [0.3, 0.4) is 0 Å². The number of anilines is 1. The van der Waals surface area contributed by atoms with E-state index in [1.807, 2.05) is 18.2 Å². The summed E-state index contributed by atoms with van der Waals surface area (Å²) in [5.74, 6) is 1.75. The van der Waals surface area contributed by atoms with Gasteiger partial charge in [-0.25, -0.2) is 0 Å². The normalized spacial score (nSPS) is 16.8. The Bertz CT molecular complexity index is 295. The Morgan fingerprint density at radius 2 is 2.00 bits per heavy atom. The molecule has 0 atom stereocenters. The molecule has 1 aliphatic heterocycles. The number of hydrogen-bond donors (Lipinski definition) is 0. The van der Waals surface area contributed by atoms with Crippen molar-refractivity contribution in [3.05, 3.63) is 18.2 Å². The molecule has 0 N–H and O–H groups in total. The first-order valence-electron chi connectivity index (χ1n) is 5.16. The molecule has 0 amide bonds. The molecule has 76 valence electrons. The molecule has 1 aromatic heterocycles. The minimum atomic E-state index is 0.702. The number of pyridine rings is 1. The second-order valence-corrected chi connectivity index (χ2v) is 3.59. The van der Waals surface area contributed by atoms with E-state index in [0.29, 0.717) is 5.88 Å². The molecule has 14 heavy (non-hydrogen) atoms. The fraction of sp³-hybridized carbons (Fsp3) is 0.545. The van der Waals surface area contributed by atoms with Gasteiger partial charge in [0.05, 0.1) is 7.11 Å². The largest absolute Gasteiger partial charge is 0.481 e. The summed E-state index contributed by atoms with van der Waals surface area (Å²) in [5.41, 5.74) is 0. The summed E-state index contributed by atoms with van der Waals surface area (Å²) in [6.45, 7) is 2.25. The van der Waals surface area contributed by atoms with Crippen LogP contribution in [-0.4, -0.2) is 25.2 Å². The Labute approximate surface area is 84.7 Å². The van der Waals surface area contributed by atoms with Crippen molar-refractivity contribution in [2.75, 3.05) is 25.1 Å². The monoisotopic (exact) mass is 192 g/mol. The number of rotatable bonds is 2. The van der Waals surface area contributed by atoms with Crippen molar-refractivity contribution < 1.29 is 4.74 Å². The molecular weight excluding hydrogens is 176 g/mol. The third kappa shape index (κ3) is 1.97. The van der Waals surface area contributed by atoms with Crippen LogP contribution in [0.4, 0.5) is 5.82 Å². The van der Waals surface area contributed by atoms with Gasteiger partial charge in [-0.2, -0.15) is 4.98 Å². The van der Waals surface area contributed by atoms with E-state index in [0.717, 1.165) is 18.9 Å². The zero-order chi connectivity index (χ0) is 9.80. The van der Waals surface area contributed by atoms with Crippen LogP contribution in [0, 0.1) is 0 Å². The molecule has 3 heteroatoms. The minimum Gasteiger partial charge on any atom is -0.481 e. The second kappa shape index (κ2) is 4.31. The molecule has 0 aliphatic carbocycles. The van der Waals surface area contributed by atoms with Crippen LogP contribution in [0.5, 0.6) is 5.88 Å². The molecule has 0 saturated carbocycles. The highest BCUT2D eigenvalue weighted by Crippen LogP contribution is 2.19. The van der Waals surface area contributed by atoms with E-state index in [2.05, 4.69) is 9.88 Å². The van der Waals surface area contributed by atoms with Crippen LogP contribution < -0.4 is 9.64 Å². The molecule has 1 saturated heterocycles. The fourth-order valence-electron chi connectivity index (χ4n) is 1.82. The summed E-state index contributed by atoms with van der Waals surface area (Å²) >= 11 is 0. The Morgan fingerprint density at radius 3 is 2.71 bits per heavy atom. The van der Waals surface area contributed by atoms with E-state index in [4.69, 9.17) is 4.74 Å². The average Bonchev–Trinajstić information content (AvgIpc) is 2.30. The van der Waals surface area contributed by atoms with Gasteiger partial charge in [-0.05, 0) is 25.3 Å². The van der Waals surface area contributed by atoms with Gasteiger partial charge in [0.25, 0.3) is 0 Å². The zero-order valence-corrected chi connectivity index (χ0v) is 8.57.